The van der Waals surface area contributed by atoms with Crippen LogP contribution in [-0.4, -0.2) is 20.5 Å². The van der Waals surface area contributed by atoms with Gasteiger partial charge in [-0.05, 0) is 53.6 Å². The summed E-state index contributed by atoms with van der Waals surface area (Å²) in [5.41, 5.74) is 0.759. The zero-order chi connectivity index (χ0) is 14.7. The van der Waals surface area contributed by atoms with Gasteiger partial charge in [0.2, 0.25) is 0 Å². The van der Waals surface area contributed by atoms with Gasteiger partial charge < -0.3 is 9.63 Å². The molecule has 0 saturated heterocycles. The molecular formula is C15H17IN2O2S. The maximum atomic E-state index is 9.74. The van der Waals surface area contributed by atoms with Gasteiger partial charge in [-0.1, -0.05) is 24.4 Å². The number of halogens is 1. The molecule has 21 heavy (non-hydrogen) atoms. The van der Waals surface area contributed by atoms with Gasteiger partial charge in [0.15, 0.2) is 5.82 Å². The van der Waals surface area contributed by atoms with E-state index in [1.807, 2.05) is 23.9 Å². The number of thioether (sulfide) groups is 1. The molecule has 1 aliphatic rings. The van der Waals surface area contributed by atoms with Gasteiger partial charge in [-0.15, -0.1) is 0 Å². The van der Waals surface area contributed by atoms with E-state index < -0.39 is 0 Å². The molecule has 112 valence electrons. The van der Waals surface area contributed by atoms with Crippen molar-refractivity contribution in [3.05, 3.63) is 27.6 Å². The van der Waals surface area contributed by atoms with E-state index in [9.17, 15) is 5.11 Å². The van der Waals surface area contributed by atoms with Crippen LogP contribution in [0.15, 0.2) is 22.7 Å². The van der Waals surface area contributed by atoms with Gasteiger partial charge in [-0.25, -0.2) is 0 Å². The lowest BCUT2D eigenvalue weighted by atomic mass is 10.0. The average Bonchev–Trinajstić information content (AvgIpc) is 2.98. The van der Waals surface area contributed by atoms with Crippen molar-refractivity contribution in [1.82, 2.24) is 10.1 Å². The fraction of sp³-hybridized carbons (Fsp3) is 0.467. The van der Waals surface area contributed by atoms with E-state index >= 15 is 0 Å². The Labute approximate surface area is 141 Å². The third-order valence-electron chi connectivity index (χ3n) is 3.66. The molecule has 1 aromatic carbocycles. The van der Waals surface area contributed by atoms with Crippen molar-refractivity contribution in [2.24, 2.45) is 0 Å². The minimum Gasteiger partial charge on any atom is -0.507 e. The Morgan fingerprint density at radius 3 is 2.86 bits per heavy atom. The third kappa shape index (κ3) is 3.91. The van der Waals surface area contributed by atoms with Gasteiger partial charge in [0.25, 0.3) is 5.89 Å². The molecule has 1 aliphatic carbocycles. The lowest BCUT2D eigenvalue weighted by Crippen LogP contribution is -2.08. The molecule has 1 aromatic heterocycles. The number of phenols is 1. The molecule has 0 bridgehead atoms. The molecule has 1 fully saturated rings. The Morgan fingerprint density at radius 2 is 2.10 bits per heavy atom. The lowest BCUT2D eigenvalue weighted by molar-refractivity contribution is 0.424. The van der Waals surface area contributed by atoms with E-state index in [4.69, 9.17) is 4.52 Å². The standard InChI is InChI=1S/C15H17IN2O2S/c16-12-7-6-10(8-13(12)19)15-17-14(18-20-15)9-21-11-4-2-1-3-5-11/h6-8,11,19H,1-5,9H2. The summed E-state index contributed by atoms with van der Waals surface area (Å²) in [4.78, 5) is 4.42. The van der Waals surface area contributed by atoms with Crippen molar-refractivity contribution in [3.8, 4) is 17.2 Å². The van der Waals surface area contributed by atoms with Crippen molar-refractivity contribution in [2.75, 3.05) is 0 Å². The molecule has 1 N–H and O–H groups in total. The molecular weight excluding hydrogens is 399 g/mol. The molecule has 0 atom stereocenters. The van der Waals surface area contributed by atoms with Crippen molar-refractivity contribution in [1.29, 1.82) is 0 Å². The van der Waals surface area contributed by atoms with Gasteiger partial charge in [-0.3, -0.25) is 0 Å². The van der Waals surface area contributed by atoms with Gasteiger partial charge in [0.05, 0.1) is 9.32 Å². The van der Waals surface area contributed by atoms with Crippen LogP contribution in [0, 0.1) is 3.57 Å². The molecule has 3 rings (SSSR count). The summed E-state index contributed by atoms with van der Waals surface area (Å²) in [6.07, 6.45) is 6.68. The van der Waals surface area contributed by atoms with Crippen LogP contribution in [0.3, 0.4) is 0 Å². The quantitative estimate of drug-likeness (QED) is 0.738. The Hall–Kier alpha value is -0.760. The van der Waals surface area contributed by atoms with E-state index in [2.05, 4.69) is 32.7 Å². The summed E-state index contributed by atoms with van der Waals surface area (Å²) in [6, 6.07) is 5.38. The average molecular weight is 416 g/mol. The van der Waals surface area contributed by atoms with E-state index in [1.54, 1.807) is 6.07 Å². The Balaban J connectivity index is 1.63. The summed E-state index contributed by atoms with van der Waals surface area (Å²) in [7, 11) is 0. The van der Waals surface area contributed by atoms with Crippen molar-refractivity contribution in [3.63, 3.8) is 0 Å². The van der Waals surface area contributed by atoms with Gasteiger partial charge in [-0.2, -0.15) is 16.7 Å². The molecule has 0 aliphatic heterocycles. The number of rotatable bonds is 4. The van der Waals surface area contributed by atoms with Crippen LogP contribution in [0.25, 0.3) is 11.5 Å². The minimum absolute atomic E-state index is 0.240. The first-order chi connectivity index (χ1) is 10.2. The highest BCUT2D eigenvalue weighted by Crippen LogP contribution is 2.31. The van der Waals surface area contributed by atoms with Gasteiger partial charge in [0, 0.05) is 10.8 Å². The molecule has 0 amide bonds. The van der Waals surface area contributed by atoms with Crippen molar-refractivity contribution in [2.45, 2.75) is 43.1 Å². The van der Waals surface area contributed by atoms with E-state index in [0.29, 0.717) is 5.89 Å². The second-order valence-electron chi connectivity index (χ2n) is 5.25. The minimum atomic E-state index is 0.240. The number of benzene rings is 1. The maximum absolute atomic E-state index is 9.74. The molecule has 2 aromatic rings. The molecule has 0 spiro atoms. The summed E-state index contributed by atoms with van der Waals surface area (Å²) in [5.74, 6) is 2.24. The van der Waals surface area contributed by atoms with Crippen LogP contribution >= 0.6 is 34.4 Å². The van der Waals surface area contributed by atoms with Crippen LogP contribution in [0.2, 0.25) is 0 Å². The first-order valence-corrected chi connectivity index (χ1v) is 9.28. The van der Waals surface area contributed by atoms with Crippen LogP contribution in [-0.2, 0) is 5.75 Å². The molecule has 0 unspecified atom stereocenters. The molecule has 1 saturated carbocycles. The predicted molar refractivity (Wildman–Crippen MR) is 92.3 cm³/mol. The summed E-state index contributed by atoms with van der Waals surface area (Å²) < 4.78 is 6.11. The second-order valence-corrected chi connectivity index (χ2v) is 7.70. The number of phenolic OH excluding ortho intramolecular Hbond substituents is 1. The van der Waals surface area contributed by atoms with Crippen molar-refractivity contribution >= 4 is 34.4 Å². The maximum Gasteiger partial charge on any atom is 0.258 e. The second kappa shape index (κ2) is 7.00. The first kappa shape index (κ1) is 15.1. The highest BCUT2D eigenvalue weighted by Gasteiger charge is 2.16. The number of hydrogen-bond donors (Lipinski definition) is 1. The van der Waals surface area contributed by atoms with E-state index in [0.717, 1.165) is 26.0 Å². The summed E-state index contributed by atoms with van der Waals surface area (Å²) in [5, 5.41) is 14.5. The summed E-state index contributed by atoms with van der Waals surface area (Å²) >= 11 is 4.01. The highest BCUT2D eigenvalue weighted by molar-refractivity contribution is 14.1. The van der Waals surface area contributed by atoms with Crippen LogP contribution in [0.1, 0.15) is 37.9 Å². The van der Waals surface area contributed by atoms with E-state index in [1.165, 1.54) is 32.1 Å². The molecule has 0 radical (unpaired) electrons. The first-order valence-electron chi connectivity index (χ1n) is 7.15. The fourth-order valence-corrected chi connectivity index (χ4v) is 4.00. The monoisotopic (exact) mass is 416 g/mol. The summed E-state index contributed by atoms with van der Waals surface area (Å²) in [6.45, 7) is 0. The van der Waals surface area contributed by atoms with Crippen molar-refractivity contribution < 1.29 is 9.63 Å². The number of nitrogens with zero attached hydrogens (tertiary/aromatic N) is 2. The SMILES string of the molecule is Oc1cc(-c2nc(CSC3CCCCC3)no2)ccc1I. The smallest absolute Gasteiger partial charge is 0.258 e. The normalized spacial score (nSPS) is 16.2. The molecule has 4 nitrogen and oxygen atoms in total. The highest BCUT2D eigenvalue weighted by atomic mass is 127. The Kier molecular flexibility index (Phi) is 5.05. The number of hydrogen-bond acceptors (Lipinski definition) is 5. The van der Waals surface area contributed by atoms with Crippen LogP contribution in [0.5, 0.6) is 5.75 Å². The number of aromatic nitrogens is 2. The van der Waals surface area contributed by atoms with Crippen LogP contribution < -0.4 is 0 Å². The largest absolute Gasteiger partial charge is 0.507 e. The molecule has 1 heterocycles. The third-order valence-corrected chi connectivity index (χ3v) is 5.94. The lowest BCUT2D eigenvalue weighted by Gasteiger charge is -2.19. The van der Waals surface area contributed by atoms with E-state index in [-0.39, 0.29) is 5.75 Å². The molecule has 6 heteroatoms. The zero-order valence-corrected chi connectivity index (χ0v) is 14.6. The topological polar surface area (TPSA) is 59.2 Å². The Bertz CT molecular complexity index is 611. The predicted octanol–water partition coefficient (Wildman–Crippen LogP) is 4.61. The van der Waals surface area contributed by atoms with Gasteiger partial charge >= 0.3 is 0 Å². The Morgan fingerprint density at radius 1 is 1.29 bits per heavy atom. The van der Waals surface area contributed by atoms with Crippen LogP contribution in [0.4, 0.5) is 0 Å². The zero-order valence-electron chi connectivity index (χ0n) is 11.6. The fourth-order valence-electron chi connectivity index (χ4n) is 2.50. The number of aromatic hydroxyl groups is 1. The van der Waals surface area contributed by atoms with Gasteiger partial charge in [0.1, 0.15) is 5.75 Å².